The van der Waals surface area contributed by atoms with Gasteiger partial charge in [0.1, 0.15) is 0 Å². The van der Waals surface area contributed by atoms with Crippen LogP contribution in [0.4, 0.5) is 5.69 Å². The summed E-state index contributed by atoms with van der Waals surface area (Å²) in [7, 11) is 0. The minimum absolute atomic E-state index is 0.0742. The van der Waals surface area contributed by atoms with Gasteiger partial charge >= 0.3 is 0 Å². The molecule has 0 atom stereocenters. The van der Waals surface area contributed by atoms with Gasteiger partial charge in [-0.25, -0.2) is 0 Å². The molecular weight excluding hydrogens is 334 g/mol. The van der Waals surface area contributed by atoms with Gasteiger partial charge in [-0.1, -0.05) is 35.9 Å². The van der Waals surface area contributed by atoms with Gasteiger partial charge in [-0.05, 0) is 31.5 Å². The first-order chi connectivity index (χ1) is 12.0. The third-order valence-electron chi connectivity index (χ3n) is 3.86. The number of fused-ring (bicyclic) bond motifs is 1. The van der Waals surface area contributed by atoms with Crippen molar-refractivity contribution in [2.24, 2.45) is 10.2 Å². The van der Waals surface area contributed by atoms with Gasteiger partial charge in [0.05, 0.1) is 5.52 Å². The lowest BCUT2D eigenvalue weighted by Crippen LogP contribution is -1.93. The molecule has 0 aliphatic carbocycles. The molecule has 5 nitrogen and oxygen atoms in total. The highest BCUT2D eigenvalue weighted by Gasteiger charge is 2.12. The first-order valence-corrected chi connectivity index (χ1v) is 8.97. The molecule has 1 amide bonds. The molecule has 0 unspecified atom stereocenters. The first kappa shape index (κ1) is 17.2. The summed E-state index contributed by atoms with van der Waals surface area (Å²) in [5.41, 5.74) is 3.31. The molecule has 0 saturated heterocycles. The van der Waals surface area contributed by atoms with Crippen molar-refractivity contribution < 1.29 is 9.90 Å². The van der Waals surface area contributed by atoms with Crippen molar-refractivity contribution in [1.29, 1.82) is 0 Å². The molecule has 0 aliphatic heterocycles. The number of carbonyl (C=O) groups excluding carboxylic acids is 1. The number of amides is 1. The Morgan fingerprint density at radius 2 is 1.92 bits per heavy atom. The Morgan fingerprint density at radius 3 is 2.68 bits per heavy atom. The molecule has 25 heavy (non-hydrogen) atoms. The van der Waals surface area contributed by atoms with Crippen LogP contribution in [0.1, 0.15) is 17.5 Å². The van der Waals surface area contributed by atoms with Crippen molar-refractivity contribution in [2.75, 3.05) is 5.75 Å². The van der Waals surface area contributed by atoms with E-state index in [-0.39, 0.29) is 11.8 Å². The number of rotatable bonds is 5. The summed E-state index contributed by atoms with van der Waals surface area (Å²) in [6.07, 6.45) is 0.296. The number of H-pyrrole nitrogens is 1. The van der Waals surface area contributed by atoms with Crippen molar-refractivity contribution in [3.63, 3.8) is 0 Å². The second-order valence-corrected chi connectivity index (χ2v) is 6.99. The number of aromatic hydroxyl groups is 1. The third-order valence-corrected chi connectivity index (χ3v) is 4.88. The second kappa shape index (κ2) is 7.53. The lowest BCUT2D eigenvalue weighted by atomic mass is 10.1. The molecule has 0 saturated carbocycles. The monoisotopic (exact) mass is 353 g/mol. The molecule has 0 fully saturated rings. The predicted octanol–water partition coefficient (Wildman–Crippen LogP) is 5.28. The van der Waals surface area contributed by atoms with Gasteiger partial charge in [0.2, 0.25) is 5.88 Å². The molecule has 0 radical (unpaired) electrons. The van der Waals surface area contributed by atoms with E-state index in [9.17, 15) is 9.90 Å². The number of aromatic nitrogens is 1. The van der Waals surface area contributed by atoms with Crippen molar-refractivity contribution in [3.8, 4) is 5.88 Å². The lowest BCUT2D eigenvalue weighted by Gasteiger charge is -2.00. The maximum atomic E-state index is 11.9. The number of hydrogen-bond donors (Lipinski definition) is 2. The van der Waals surface area contributed by atoms with Gasteiger partial charge in [0.15, 0.2) is 5.69 Å². The lowest BCUT2D eigenvalue weighted by molar-refractivity contribution is -0.117. The van der Waals surface area contributed by atoms with E-state index >= 15 is 0 Å². The van der Waals surface area contributed by atoms with E-state index in [1.165, 1.54) is 5.56 Å². The molecule has 0 spiro atoms. The van der Waals surface area contributed by atoms with Crippen LogP contribution in [0.3, 0.4) is 0 Å². The van der Waals surface area contributed by atoms with Crippen LogP contribution < -0.4 is 0 Å². The van der Waals surface area contributed by atoms with Crippen molar-refractivity contribution in [2.45, 2.75) is 25.2 Å². The number of para-hydroxylation sites is 1. The van der Waals surface area contributed by atoms with Crippen molar-refractivity contribution in [3.05, 3.63) is 53.6 Å². The minimum Gasteiger partial charge on any atom is -0.493 e. The van der Waals surface area contributed by atoms with E-state index in [2.05, 4.69) is 15.2 Å². The second-order valence-electron chi connectivity index (χ2n) is 5.82. The molecular formula is C19H19N3O2S. The zero-order valence-electron chi connectivity index (χ0n) is 14.1. The summed E-state index contributed by atoms with van der Waals surface area (Å²) in [6.45, 7) is 3.98. The molecule has 128 valence electrons. The number of thioether (sulfide) groups is 1. The maximum Gasteiger partial charge on any atom is 0.265 e. The van der Waals surface area contributed by atoms with Crippen LogP contribution in [0.5, 0.6) is 5.88 Å². The molecule has 2 N–H and O–H groups in total. The van der Waals surface area contributed by atoms with Crippen LogP contribution in [0.15, 0.2) is 57.6 Å². The number of benzene rings is 2. The van der Waals surface area contributed by atoms with Crippen LogP contribution in [0, 0.1) is 13.8 Å². The highest BCUT2D eigenvalue weighted by atomic mass is 32.2. The van der Waals surface area contributed by atoms with Gasteiger partial charge in [0, 0.05) is 22.5 Å². The van der Waals surface area contributed by atoms with Gasteiger partial charge in [-0.2, -0.15) is 0 Å². The highest BCUT2D eigenvalue weighted by Crippen LogP contribution is 2.36. The quantitative estimate of drug-likeness (QED) is 0.484. The van der Waals surface area contributed by atoms with Crippen molar-refractivity contribution in [1.82, 2.24) is 4.98 Å². The Morgan fingerprint density at radius 1 is 1.16 bits per heavy atom. The van der Waals surface area contributed by atoms with Crippen LogP contribution in [0.25, 0.3) is 10.9 Å². The average Bonchev–Trinajstić information content (AvgIpc) is 2.92. The van der Waals surface area contributed by atoms with E-state index in [1.54, 1.807) is 11.8 Å². The summed E-state index contributed by atoms with van der Waals surface area (Å²) in [5, 5.41) is 18.4. The van der Waals surface area contributed by atoms with Crippen LogP contribution >= 0.6 is 11.8 Å². The maximum absolute atomic E-state index is 11.9. The van der Waals surface area contributed by atoms with E-state index in [0.29, 0.717) is 17.9 Å². The van der Waals surface area contributed by atoms with Gasteiger partial charge < -0.3 is 10.1 Å². The fourth-order valence-corrected chi connectivity index (χ4v) is 3.32. The number of hydrogen-bond acceptors (Lipinski definition) is 4. The van der Waals surface area contributed by atoms with Gasteiger partial charge in [0.25, 0.3) is 5.91 Å². The number of azo groups is 1. The third kappa shape index (κ3) is 4.09. The molecule has 3 rings (SSSR count). The average molecular weight is 353 g/mol. The number of aromatic amines is 1. The molecule has 0 bridgehead atoms. The predicted molar refractivity (Wildman–Crippen MR) is 101 cm³/mol. The van der Waals surface area contributed by atoms with E-state index in [4.69, 9.17) is 0 Å². The summed E-state index contributed by atoms with van der Waals surface area (Å²) in [6, 6.07) is 13.8. The van der Waals surface area contributed by atoms with E-state index < -0.39 is 0 Å². The Hall–Kier alpha value is -2.60. The molecule has 0 aliphatic rings. The van der Waals surface area contributed by atoms with Gasteiger partial charge in [-0.3, -0.25) is 4.79 Å². The summed E-state index contributed by atoms with van der Waals surface area (Å²) in [5.74, 6) is 0.260. The van der Waals surface area contributed by atoms with Gasteiger partial charge in [-0.15, -0.1) is 22.0 Å². The largest absolute Gasteiger partial charge is 0.493 e. The van der Waals surface area contributed by atoms with E-state index in [0.717, 1.165) is 21.4 Å². The highest BCUT2D eigenvalue weighted by molar-refractivity contribution is 7.99. The SMILES string of the molecule is Cc1ccc(SCCC(=O)N=Nc2c(O)[nH]c3c(C)cccc23)cc1. The smallest absolute Gasteiger partial charge is 0.265 e. The topological polar surface area (TPSA) is 77.8 Å². The molecule has 3 aromatic rings. The molecule has 6 heteroatoms. The van der Waals surface area contributed by atoms with Crippen LogP contribution in [-0.2, 0) is 4.79 Å². The Balaban J connectivity index is 1.62. The Bertz CT molecular complexity index is 930. The fourth-order valence-electron chi connectivity index (χ4n) is 2.48. The molecule has 2 aromatic carbocycles. The molecule has 1 aromatic heterocycles. The standard InChI is InChI=1S/C19H19N3O2S/c1-12-6-8-14(9-7-12)25-11-10-16(23)21-22-18-15-5-3-4-13(2)17(15)20-19(18)24/h3-9,20,24H,10-11H2,1-2H3. The summed E-state index contributed by atoms with van der Waals surface area (Å²) in [4.78, 5) is 15.9. The number of aryl methyl sites for hydroxylation is 2. The zero-order valence-corrected chi connectivity index (χ0v) is 14.9. The normalized spacial score (nSPS) is 11.4. The number of nitrogens with one attached hydrogen (secondary N) is 1. The zero-order chi connectivity index (χ0) is 17.8. The van der Waals surface area contributed by atoms with Crippen LogP contribution in [0.2, 0.25) is 0 Å². The molecule has 1 heterocycles. The number of carbonyl (C=O) groups is 1. The Labute approximate surface area is 150 Å². The van der Waals surface area contributed by atoms with Crippen LogP contribution in [-0.4, -0.2) is 21.8 Å². The Kier molecular flexibility index (Phi) is 5.19. The summed E-state index contributed by atoms with van der Waals surface area (Å²) >= 11 is 1.61. The fraction of sp³-hybridized carbons (Fsp3) is 0.211. The van der Waals surface area contributed by atoms with Crippen molar-refractivity contribution >= 4 is 34.3 Å². The van der Waals surface area contributed by atoms with E-state index in [1.807, 2.05) is 56.3 Å². The minimum atomic E-state index is -0.305. The first-order valence-electron chi connectivity index (χ1n) is 7.99. The number of nitrogens with zero attached hydrogens (tertiary/aromatic N) is 2. The summed E-state index contributed by atoms with van der Waals surface area (Å²) < 4.78 is 0.